The van der Waals surface area contributed by atoms with Gasteiger partial charge in [0, 0.05) is 35.8 Å². The van der Waals surface area contributed by atoms with Crippen molar-refractivity contribution in [2.75, 3.05) is 17.8 Å². The highest BCUT2D eigenvalue weighted by molar-refractivity contribution is 7.52. The molecule has 0 aliphatic carbocycles. The van der Waals surface area contributed by atoms with Gasteiger partial charge in [0.15, 0.2) is 0 Å². The van der Waals surface area contributed by atoms with Gasteiger partial charge in [0.25, 0.3) is 0 Å². The highest BCUT2D eigenvalue weighted by atomic mass is 31.2. The second-order valence-corrected chi connectivity index (χ2v) is 11.1. The molecule has 0 fully saturated rings. The van der Waals surface area contributed by atoms with E-state index in [1.165, 1.54) is 12.1 Å². The first-order valence-electron chi connectivity index (χ1n) is 12.5. The van der Waals surface area contributed by atoms with Gasteiger partial charge in [0.05, 0.1) is 14.3 Å². The first-order valence-corrected chi connectivity index (χ1v) is 14.1. The number of allylic oxidation sites excluding steroid dienone is 1. The Kier molecular flexibility index (Phi) is 9.61. The Labute approximate surface area is 210 Å². The average Bonchev–Trinajstić information content (AvgIpc) is 2.81. The Morgan fingerprint density at radius 3 is 2.34 bits per heavy atom. The van der Waals surface area contributed by atoms with Crippen molar-refractivity contribution >= 4 is 19.5 Å². The molecule has 0 saturated carbocycles. The second-order valence-electron chi connectivity index (χ2n) is 9.53. The predicted molar refractivity (Wildman–Crippen MR) is 145 cm³/mol. The molecule has 1 heterocycles. The quantitative estimate of drug-likeness (QED) is 0.258. The number of anilines is 1. The van der Waals surface area contributed by atoms with Crippen molar-refractivity contribution in [3.63, 3.8) is 0 Å². The number of nitrogens with one attached hydrogen (secondary N) is 1. The summed E-state index contributed by atoms with van der Waals surface area (Å²) in [6, 6.07) is 10.2. The molecule has 6 heteroatoms. The summed E-state index contributed by atoms with van der Waals surface area (Å²) in [7, 11) is -1.85. The highest BCUT2D eigenvalue weighted by Crippen LogP contribution is 2.49. The maximum atomic E-state index is 15.7. The minimum Gasteiger partial charge on any atom is -0.382 e. The molecule has 1 aliphatic rings. The van der Waals surface area contributed by atoms with E-state index in [0.717, 1.165) is 35.1 Å². The molecule has 35 heavy (non-hydrogen) atoms. The van der Waals surface area contributed by atoms with Gasteiger partial charge in [-0.05, 0) is 74.4 Å². The van der Waals surface area contributed by atoms with Gasteiger partial charge < -0.3 is 5.32 Å². The first-order chi connectivity index (χ1) is 16.7. The zero-order chi connectivity index (χ0) is 25.7. The molecule has 3 rings (SSSR count). The molecule has 2 aromatic rings. The summed E-state index contributed by atoms with van der Waals surface area (Å²) in [6.07, 6.45) is 4.42. The fourth-order valence-corrected chi connectivity index (χ4v) is 6.30. The van der Waals surface area contributed by atoms with Crippen LogP contribution in [0.25, 0.3) is 5.57 Å². The van der Waals surface area contributed by atoms with Crippen LogP contribution in [0, 0.1) is 18.6 Å². The van der Waals surface area contributed by atoms with E-state index in [9.17, 15) is 4.20 Å². The van der Waals surface area contributed by atoms with E-state index in [4.69, 9.17) is 0 Å². The Hall–Kier alpha value is -2.10. The van der Waals surface area contributed by atoms with E-state index in [2.05, 4.69) is 18.0 Å². The minimum atomic E-state index is -1.85. The summed E-state index contributed by atoms with van der Waals surface area (Å²) in [4.78, 5) is 1.95. The number of rotatable bonds is 10. The molecule has 1 aliphatic heterocycles. The molecule has 2 unspecified atom stereocenters. The Bertz CT molecular complexity index is 1040. The molecule has 3 atom stereocenters. The third-order valence-electron chi connectivity index (χ3n) is 7.11. The highest BCUT2D eigenvalue weighted by Gasteiger charge is 2.38. The lowest BCUT2D eigenvalue weighted by atomic mass is 9.82. The Balaban J connectivity index is 2.14. The summed E-state index contributed by atoms with van der Waals surface area (Å²) >= 11 is 0. The maximum Gasteiger partial charge on any atom is 0.133 e. The monoisotopic (exact) mass is 502 g/mol. The molecule has 0 saturated heterocycles. The number of benzene rings is 2. The van der Waals surface area contributed by atoms with Crippen LogP contribution in [0.2, 0.25) is 0 Å². The van der Waals surface area contributed by atoms with Crippen molar-refractivity contribution in [1.29, 1.82) is 0 Å². The van der Waals surface area contributed by atoms with Gasteiger partial charge in [-0.3, -0.25) is 4.90 Å². The predicted octanol–water partition coefficient (Wildman–Crippen LogP) is 8.99. The van der Waals surface area contributed by atoms with E-state index in [1.807, 2.05) is 57.7 Å². The van der Waals surface area contributed by atoms with Crippen molar-refractivity contribution in [3.8, 4) is 0 Å². The number of halogens is 3. The summed E-state index contributed by atoms with van der Waals surface area (Å²) in [6.45, 7) is 13.8. The topological polar surface area (TPSA) is 15.3 Å². The molecule has 2 aromatic carbocycles. The largest absolute Gasteiger partial charge is 0.382 e. The van der Waals surface area contributed by atoms with Crippen LogP contribution in [0.4, 0.5) is 18.7 Å². The number of aryl methyl sites for hydroxylation is 1. The molecule has 0 radical (unpaired) electrons. The van der Waals surface area contributed by atoms with Gasteiger partial charge in [-0.1, -0.05) is 44.2 Å². The van der Waals surface area contributed by atoms with E-state index in [-0.39, 0.29) is 30.1 Å². The van der Waals surface area contributed by atoms with Gasteiger partial charge in [0.1, 0.15) is 11.6 Å². The van der Waals surface area contributed by atoms with Crippen LogP contribution in [0.1, 0.15) is 69.7 Å². The molecular formula is C29H38F3N2P. The SMILES string of the molecule is C=CCP(F)CN1C(C)CC(c2ccccc2C)=C(C)[C@H]1c1c(F)cc(NC(CC)CC)cc1F. The smallest absolute Gasteiger partial charge is 0.133 e. The lowest BCUT2D eigenvalue weighted by Gasteiger charge is -2.43. The van der Waals surface area contributed by atoms with E-state index in [1.54, 1.807) is 6.08 Å². The second kappa shape index (κ2) is 12.2. The lowest BCUT2D eigenvalue weighted by molar-refractivity contribution is 0.179. The van der Waals surface area contributed by atoms with Crippen molar-refractivity contribution in [2.24, 2.45) is 0 Å². The molecule has 0 spiro atoms. The van der Waals surface area contributed by atoms with Crippen LogP contribution in [0.3, 0.4) is 0 Å². The Morgan fingerprint density at radius 2 is 1.77 bits per heavy atom. The average molecular weight is 503 g/mol. The van der Waals surface area contributed by atoms with Gasteiger partial charge in [-0.15, -0.1) is 6.58 Å². The van der Waals surface area contributed by atoms with Crippen molar-refractivity contribution < 1.29 is 13.0 Å². The number of nitrogens with zero attached hydrogens (tertiary/aromatic N) is 1. The van der Waals surface area contributed by atoms with Crippen LogP contribution in [0.15, 0.2) is 54.6 Å². The van der Waals surface area contributed by atoms with Gasteiger partial charge in [-0.2, -0.15) is 0 Å². The van der Waals surface area contributed by atoms with Crippen molar-refractivity contribution in [1.82, 2.24) is 4.90 Å². The molecule has 0 aromatic heterocycles. The van der Waals surface area contributed by atoms with Crippen LogP contribution in [-0.2, 0) is 0 Å². The number of hydrogen-bond donors (Lipinski definition) is 1. The van der Waals surface area contributed by atoms with E-state index in [0.29, 0.717) is 12.1 Å². The fourth-order valence-electron chi connectivity index (χ4n) is 5.11. The van der Waals surface area contributed by atoms with Crippen LogP contribution < -0.4 is 5.32 Å². The van der Waals surface area contributed by atoms with Gasteiger partial charge >= 0.3 is 0 Å². The molecule has 2 nitrogen and oxygen atoms in total. The maximum absolute atomic E-state index is 15.7. The molecule has 1 N–H and O–H groups in total. The summed E-state index contributed by atoms with van der Waals surface area (Å²) in [5, 5.41) is 3.24. The fraction of sp³-hybridized carbons (Fsp3) is 0.448. The number of hydrogen-bond acceptors (Lipinski definition) is 2. The van der Waals surface area contributed by atoms with Crippen LogP contribution in [-0.4, -0.2) is 29.4 Å². The lowest BCUT2D eigenvalue weighted by Crippen LogP contribution is -2.41. The Morgan fingerprint density at radius 1 is 1.14 bits per heavy atom. The van der Waals surface area contributed by atoms with Crippen molar-refractivity contribution in [3.05, 3.63) is 83.0 Å². The third-order valence-corrected chi connectivity index (χ3v) is 8.39. The normalized spacial score (nSPS) is 19.8. The first kappa shape index (κ1) is 27.5. The third kappa shape index (κ3) is 6.19. The summed E-state index contributed by atoms with van der Waals surface area (Å²) < 4.78 is 46.3. The summed E-state index contributed by atoms with van der Waals surface area (Å²) in [5.41, 5.74) is 4.60. The van der Waals surface area contributed by atoms with Gasteiger partial charge in [-0.25, -0.2) is 13.0 Å². The van der Waals surface area contributed by atoms with Gasteiger partial charge in [0.2, 0.25) is 0 Å². The van der Waals surface area contributed by atoms with Crippen LogP contribution >= 0.6 is 8.23 Å². The van der Waals surface area contributed by atoms with Crippen molar-refractivity contribution in [2.45, 2.75) is 72.0 Å². The molecule has 190 valence electrons. The molecule has 0 amide bonds. The zero-order valence-corrected chi connectivity index (χ0v) is 22.4. The minimum absolute atomic E-state index is 0.00256. The summed E-state index contributed by atoms with van der Waals surface area (Å²) in [5.74, 6) is -1.20. The molecular weight excluding hydrogens is 464 g/mol. The molecule has 0 bridgehead atoms. The zero-order valence-electron chi connectivity index (χ0n) is 21.5. The van der Waals surface area contributed by atoms with E-state index >= 15 is 8.78 Å². The van der Waals surface area contributed by atoms with Crippen LogP contribution in [0.5, 0.6) is 0 Å². The van der Waals surface area contributed by atoms with E-state index < -0.39 is 25.9 Å². The standard InChI is InChI=1S/C29H38F3N2P/c1-7-14-35(32)18-34-20(5)15-25(24-13-11-10-12-19(24)4)21(6)29(34)28-26(30)16-23(17-27(28)31)33-22(8-2)9-3/h7,10-13,16-17,20,22,29,33H,1,8-9,14-15,18H2,2-6H3/t20?,29-,35?/m0/s1.